The van der Waals surface area contributed by atoms with E-state index in [1.165, 1.54) is 5.56 Å². The molecule has 0 N–H and O–H groups in total. The first-order valence-electron chi connectivity index (χ1n) is 5.37. The van der Waals surface area contributed by atoms with Gasteiger partial charge in [0.25, 0.3) is 5.91 Å². The number of hydrogen-bond donors (Lipinski definition) is 0. The van der Waals surface area contributed by atoms with Crippen LogP contribution in [0.25, 0.3) is 0 Å². The van der Waals surface area contributed by atoms with Crippen molar-refractivity contribution in [1.29, 1.82) is 0 Å². The first kappa shape index (κ1) is 11.8. The zero-order valence-electron chi connectivity index (χ0n) is 9.95. The summed E-state index contributed by atoms with van der Waals surface area (Å²) in [6, 6.07) is 7.91. The van der Waals surface area contributed by atoms with Crippen molar-refractivity contribution in [1.82, 2.24) is 4.90 Å². The molecule has 1 amide bonds. The Morgan fingerprint density at radius 3 is 2.60 bits per heavy atom. The first-order chi connectivity index (χ1) is 7.06. The Hall–Kier alpha value is -1.31. The lowest BCUT2D eigenvalue weighted by Gasteiger charge is -2.13. The number of carbonyl (C=O) groups is 1. The lowest BCUT2D eigenvalue weighted by atomic mass is 9.97. The van der Waals surface area contributed by atoms with E-state index in [9.17, 15) is 4.79 Å². The van der Waals surface area contributed by atoms with Crippen LogP contribution in [-0.2, 0) is 0 Å². The topological polar surface area (TPSA) is 20.3 Å². The van der Waals surface area contributed by atoms with Gasteiger partial charge < -0.3 is 4.90 Å². The molecule has 0 aliphatic carbocycles. The van der Waals surface area contributed by atoms with Crippen LogP contribution in [0.5, 0.6) is 0 Å². The molecule has 0 heterocycles. The van der Waals surface area contributed by atoms with E-state index >= 15 is 0 Å². The number of benzene rings is 1. The van der Waals surface area contributed by atoms with Gasteiger partial charge in [0.15, 0.2) is 0 Å². The Morgan fingerprint density at radius 2 is 2.07 bits per heavy atom. The molecule has 2 nitrogen and oxygen atoms in total. The normalized spacial score (nSPS) is 12.3. The quantitative estimate of drug-likeness (QED) is 0.743. The Bertz CT molecular complexity index is 344. The average molecular weight is 205 g/mol. The number of hydrogen-bond acceptors (Lipinski definition) is 1. The van der Waals surface area contributed by atoms with E-state index in [-0.39, 0.29) is 5.91 Å². The van der Waals surface area contributed by atoms with Gasteiger partial charge in [-0.1, -0.05) is 26.0 Å². The highest BCUT2D eigenvalue weighted by atomic mass is 16.2. The third-order valence-electron chi connectivity index (χ3n) is 2.72. The van der Waals surface area contributed by atoms with E-state index in [1.807, 2.05) is 18.2 Å². The maximum Gasteiger partial charge on any atom is 0.253 e. The first-order valence-corrected chi connectivity index (χ1v) is 5.37. The largest absolute Gasteiger partial charge is 0.345 e. The molecule has 0 bridgehead atoms. The molecule has 15 heavy (non-hydrogen) atoms. The van der Waals surface area contributed by atoms with Gasteiger partial charge in [-0.2, -0.15) is 0 Å². The highest BCUT2D eigenvalue weighted by Crippen LogP contribution is 2.19. The van der Waals surface area contributed by atoms with Crippen LogP contribution in [0.3, 0.4) is 0 Å². The zero-order chi connectivity index (χ0) is 11.4. The Balaban J connectivity index is 2.97. The summed E-state index contributed by atoms with van der Waals surface area (Å²) in [5.74, 6) is 0.583. The van der Waals surface area contributed by atoms with Crippen molar-refractivity contribution in [3.63, 3.8) is 0 Å². The second-order valence-corrected chi connectivity index (χ2v) is 4.13. The molecular weight excluding hydrogens is 186 g/mol. The predicted molar refractivity (Wildman–Crippen MR) is 63.2 cm³/mol. The maximum atomic E-state index is 11.7. The van der Waals surface area contributed by atoms with Gasteiger partial charge >= 0.3 is 0 Å². The van der Waals surface area contributed by atoms with Crippen LogP contribution in [0.4, 0.5) is 0 Å². The molecule has 0 fully saturated rings. The standard InChI is InChI=1S/C13H19NO/c1-5-10(2)11-7-6-8-12(9-11)13(15)14(3)4/h6-10H,5H2,1-4H3. The lowest BCUT2D eigenvalue weighted by Crippen LogP contribution is -2.21. The van der Waals surface area contributed by atoms with Crippen LogP contribution >= 0.6 is 0 Å². The summed E-state index contributed by atoms with van der Waals surface area (Å²) in [6.45, 7) is 4.34. The number of nitrogens with zero attached hydrogens (tertiary/aromatic N) is 1. The SMILES string of the molecule is CCC(C)c1cccc(C(=O)N(C)C)c1. The van der Waals surface area contributed by atoms with E-state index in [0.29, 0.717) is 5.92 Å². The maximum absolute atomic E-state index is 11.7. The molecule has 0 saturated heterocycles. The molecule has 0 spiro atoms. The van der Waals surface area contributed by atoms with Crippen LogP contribution in [0.15, 0.2) is 24.3 Å². The summed E-state index contributed by atoms with van der Waals surface area (Å²) < 4.78 is 0. The van der Waals surface area contributed by atoms with Crippen molar-refractivity contribution < 1.29 is 4.79 Å². The van der Waals surface area contributed by atoms with Gasteiger partial charge in [-0.15, -0.1) is 0 Å². The molecule has 1 unspecified atom stereocenters. The Kier molecular flexibility index (Phi) is 3.89. The molecule has 82 valence electrons. The van der Waals surface area contributed by atoms with E-state index in [1.54, 1.807) is 19.0 Å². The summed E-state index contributed by atoms with van der Waals surface area (Å²) in [5, 5.41) is 0. The monoisotopic (exact) mass is 205 g/mol. The summed E-state index contributed by atoms with van der Waals surface area (Å²) >= 11 is 0. The zero-order valence-corrected chi connectivity index (χ0v) is 9.95. The van der Waals surface area contributed by atoms with E-state index < -0.39 is 0 Å². The summed E-state index contributed by atoms with van der Waals surface area (Å²) in [4.78, 5) is 13.3. The fourth-order valence-electron chi connectivity index (χ4n) is 1.47. The lowest BCUT2D eigenvalue weighted by molar-refractivity contribution is 0.0827. The van der Waals surface area contributed by atoms with Gasteiger partial charge in [-0.3, -0.25) is 4.79 Å². The molecule has 0 aromatic heterocycles. The number of rotatable bonds is 3. The number of carbonyl (C=O) groups excluding carboxylic acids is 1. The van der Waals surface area contributed by atoms with Gasteiger partial charge in [0.2, 0.25) is 0 Å². The summed E-state index contributed by atoms with van der Waals surface area (Å²) in [5.41, 5.74) is 2.02. The second-order valence-electron chi connectivity index (χ2n) is 4.13. The Morgan fingerprint density at radius 1 is 1.40 bits per heavy atom. The smallest absolute Gasteiger partial charge is 0.253 e. The molecule has 0 radical (unpaired) electrons. The van der Waals surface area contributed by atoms with E-state index in [4.69, 9.17) is 0 Å². The van der Waals surface area contributed by atoms with Gasteiger partial charge in [0, 0.05) is 19.7 Å². The van der Waals surface area contributed by atoms with Crippen molar-refractivity contribution in [2.45, 2.75) is 26.2 Å². The molecule has 0 aliphatic heterocycles. The van der Waals surface area contributed by atoms with E-state index in [2.05, 4.69) is 19.9 Å². The van der Waals surface area contributed by atoms with Crippen molar-refractivity contribution in [3.05, 3.63) is 35.4 Å². The van der Waals surface area contributed by atoms with Crippen molar-refractivity contribution >= 4 is 5.91 Å². The van der Waals surface area contributed by atoms with Gasteiger partial charge in [-0.05, 0) is 30.0 Å². The molecule has 1 aromatic rings. The van der Waals surface area contributed by atoms with Crippen LogP contribution in [0, 0.1) is 0 Å². The van der Waals surface area contributed by atoms with Crippen LogP contribution in [0.1, 0.15) is 42.1 Å². The van der Waals surface area contributed by atoms with Gasteiger partial charge in [-0.25, -0.2) is 0 Å². The fourth-order valence-corrected chi connectivity index (χ4v) is 1.47. The predicted octanol–water partition coefficient (Wildman–Crippen LogP) is 2.90. The minimum Gasteiger partial charge on any atom is -0.345 e. The van der Waals surface area contributed by atoms with Gasteiger partial charge in [0.05, 0.1) is 0 Å². The van der Waals surface area contributed by atoms with Crippen LogP contribution in [-0.4, -0.2) is 24.9 Å². The average Bonchev–Trinajstić information content (AvgIpc) is 2.27. The summed E-state index contributed by atoms with van der Waals surface area (Å²) in [7, 11) is 3.55. The van der Waals surface area contributed by atoms with Crippen LogP contribution in [0.2, 0.25) is 0 Å². The molecule has 1 rings (SSSR count). The molecule has 2 heteroatoms. The minimum absolute atomic E-state index is 0.0696. The van der Waals surface area contributed by atoms with Crippen LogP contribution < -0.4 is 0 Å². The minimum atomic E-state index is 0.0696. The van der Waals surface area contributed by atoms with Gasteiger partial charge in [0.1, 0.15) is 0 Å². The summed E-state index contributed by atoms with van der Waals surface area (Å²) in [6.07, 6.45) is 1.10. The van der Waals surface area contributed by atoms with Crippen molar-refractivity contribution in [2.24, 2.45) is 0 Å². The second kappa shape index (κ2) is 4.96. The molecule has 0 saturated carbocycles. The molecule has 0 aliphatic rings. The number of amides is 1. The third-order valence-corrected chi connectivity index (χ3v) is 2.72. The highest BCUT2D eigenvalue weighted by Gasteiger charge is 2.10. The van der Waals surface area contributed by atoms with E-state index in [0.717, 1.165) is 12.0 Å². The van der Waals surface area contributed by atoms with Crippen molar-refractivity contribution in [3.8, 4) is 0 Å². The van der Waals surface area contributed by atoms with Crippen molar-refractivity contribution in [2.75, 3.05) is 14.1 Å². The molecule has 1 atom stereocenters. The molecule has 1 aromatic carbocycles. The fraction of sp³-hybridized carbons (Fsp3) is 0.462. The Labute approximate surface area is 91.9 Å². The molecular formula is C13H19NO. The third kappa shape index (κ3) is 2.82. The highest BCUT2D eigenvalue weighted by molar-refractivity contribution is 5.94.